The molecular formula is C17H30N2O. The van der Waals surface area contributed by atoms with Crippen LogP contribution < -0.4 is 5.32 Å². The van der Waals surface area contributed by atoms with Gasteiger partial charge in [0.15, 0.2) is 0 Å². The number of carbonyl (C=O) groups excluding carboxylic acids is 1. The van der Waals surface area contributed by atoms with Crippen LogP contribution in [0.25, 0.3) is 0 Å². The van der Waals surface area contributed by atoms with Crippen LogP contribution in [0.5, 0.6) is 0 Å². The molecule has 3 heteroatoms. The molecule has 1 saturated heterocycles. The summed E-state index contributed by atoms with van der Waals surface area (Å²) in [6.07, 6.45) is 6.95. The van der Waals surface area contributed by atoms with Crippen molar-refractivity contribution in [2.24, 2.45) is 23.7 Å². The summed E-state index contributed by atoms with van der Waals surface area (Å²) in [5, 5.41) is 3.51. The number of hydrogen-bond donors (Lipinski definition) is 1. The van der Waals surface area contributed by atoms with Crippen LogP contribution in [0.15, 0.2) is 0 Å². The first-order valence-electron chi connectivity index (χ1n) is 8.55. The van der Waals surface area contributed by atoms with Gasteiger partial charge in [0.25, 0.3) is 0 Å². The average Bonchev–Trinajstić information content (AvgIpc) is 3.05. The zero-order chi connectivity index (χ0) is 14.4. The zero-order valence-electron chi connectivity index (χ0n) is 13.4. The summed E-state index contributed by atoms with van der Waals surface area (Å²) >= 11 is 0. The van der Waals surface area contributed by atoms with E-state index in [2.05, 4.69) is 31.0 Å². The first-order valence-corrected chi connectivity index (χ1v) is 8.55. The van der Waals surface area contributed by atoms with Crippen molar-refractivity contribution >= 4 is 5.91 Å². The Kier molecular flexibility index (Phi) is 3.83. The van der Waals surface area contributed by atoms with E-state index in [9.17, 15) is 4.79 Å². The lowest BCUT2D eigenvalue weighted by Crippen LogP contribution is -2.48. The third-order valence-corrected chi connectivity index (χ3v) is 5.95. The summed E-state index contributed by atoms with van der Waals surface area (Å²) < 4.78 is 0. The minimum atomic E-state index is -0.000194. The fraction of sp³-hybridized carbons (Fsp3) is 0.941. The second kappa shape index (κ2) is 5.32. The Morgan fingerprint density at radius 3 is 2.55 bits per heavy atom. The van der Waals surface area contributed by atoms with Gasteiger partial charge < -0.3 is 4.90 Å². The number of fused-ring (bicyclic) bond motifs is 2. The lowest BCUT2D eigenvalue weighted by Gasteiger charge is -2.38. The predicted octanol–water partition coefficient (Wildman–Crippen LogP) is 3.00. The maximum Gasteiger partial charge on any atom is 0.240 e. The highest BCUT2D eigenvalue weighted by Crippen LogP contribution is 2.50. The Labute approximate surface area is 123 Å². The Balaban J connectivity index is 1.73. The lowest BCUT2D eigenvalue weighted by atomic mass is 9.83. The summed E-state index contributed by atoms with van der Waals surface area (Å²) in [6, 6.07) is 0.416. The van der Waals surface area contributed by atoms with Crippen LogP contribution in [0.4, 0.5) is 0 Å². The van der Waals surface area contributed by atoms with Crippen molar-refractivity contribution in [2.45, 2.75) is 78.0 Å². The lowest BCUT2D eigenvalue weighted by molar-refractivity contribution is -0.133. The molecule has 3 rings (SSSR count). The molecule has 6 unspecified atom stereocenters. The number of amides is 1. The summed E-state index contributed by atoms with van der Waals surface area (Å²) in [4.78, 5) is 14.8. The van der Waals surface area contributed by atoms with E-state index in [1.165, 1.54) is 25.7 Å². The van der Waals surface area contributed by atoms with E-state index < -0.39 is 0 Å². The van der Waals surface area contributed by atoms with Crippen LogP contribution in [0.1, 0.15) is 59.8 Å². The van der Waals surface area contributed by atoms with E-state index in [0.717, 1.165) is 24.2 Å². The van der Waals surface area contributed by atoms with Crippen LogP contribution in [0.3, 0.4) is 0 Å². The molecule has 0 aromatic rings. The minimum Gasteiger partial charge on any atom is -0.323 e. The third kappa shape index (κ3) is 2.38. The summed E-state index contributed by atoms with van der Waals surface area (Å²) in [5.41, 5.74) is 0. The van der Waals surface area contributed by atoms with Gasteiger partial charge in [0.05, 0.1) is 12.2 Å². The number of hydrogen-bond acceptors (Lipinski definition) is 2. The number of nitrogens with zero attached hydrogens (tertiary/aromatic N) is 1. The highest BCUT2D eigenvalue weighted by Gasteiger charge is 2.47. The van der Waals surface area contributed by atoms with Crippen molar-refractivity contribution in [2.75, 3.05) is 0 Å². The quantitative estimate of drug-likeness (QED) is 0.857. The van der Waals surface area contributed by atoms with Crippen LogP contribution >= 0.6 is 0 Å². The molecule has 1 amide bonds. The van der Waals surface area contributed by atoms with Crippen molar-refractivity contribution < 1.29 is 4.79 Å². The average molecular weight is 278 g/mol. The smallest absolute Gasteiger partial charge is 0.240 e. The molecular weight excluding hydrogens is 248 g/mol. The van der Waals surface area contributed by atoms with Crippen molar-refractivity contribution in [1.82, 2.24) is 10.2 Å². The molecule has 1 aliphatic heterocycles. The SMILES string of the molecule is CC(C)CC1NC(C)C(=O)N1C(C)C1CC2CCC1C2. The Hall–Kier alpha value is -0.570. The zero-order valence-corrected chi connectivity index (χ0v) is 13.4. The normalized spacial score (nSPS) is 42.0. The molecule has 2 aliphatic carbocycles. The number of nitrogens with one attached hydrogen (secondary N) is 1. The molecule has 3 nitrogen and oxygen atoms in total. The minimum absolute atomic E-state index is 0.000194. The van der Waals surface area contributed by atoms with E-state index in [-0.39, 0.29) is 12.2 Å². The molecule has 2 bridgehead atoms. The topological polar surface area (TPSA) is 32.3 Å². The van der Waals surface area contributed by atoms with Crippen molar-refractivity contribution in [3.63, 3.8) is 0 Å². The molecule has 3 fully saturated rings. The summed E-state index contributed by atoms with van der Waals surface area (Å²) in [7, 11) is 0. The maximum absolute atomic E-state index is 12.6. The Bertz CT molecular complexity index is 381. The van der Waals surface area contributed by atoms with Crippen molar-refractivity contribution in [3.05, 3.63) is 0 Å². The molecule has 0 aromatic carbocycles. The predicted molar refractivity (Wildman–Crippen MR) is 81.1 cm³/mol. The standard InChI is InChI=1S/C17H30N2O/c1-10(2)7-16-18-11(3)17(20)19(16)12(4)15-9-13-5-6-14(15)8-13/h10-16,18H,5-9H2,1-4H3. The van der Waals surface area contributed by atoms with Crippen molar-refractivity contribution in [3.8, 4) is 0 Å². The molecule has 1 N–H and O–H groups in total. The number of rotatable bonds is 4. The van der Waals surface area contributed by atoms with Gasteiger partial charge in [-0.2, -0.15) is 0 Å². The first kappa shape index (κ1) is 14.4. The molecule has 0 radical (unpaired) electrons. The summed E-state index contributed by atoms with van der Waals surface area (Å²) in [6.45, 7) is 8.81. The molecule has 1 heterocycles. The van der Waals surface area contributed by atoms with E-state index in [1.807, 2.05) is 6.92 Å². The number of carbonyl (C=O) groups is 1. The largest absolute Gasteiger partial charge is 0.323 e. The molecule has 20 heavy (non-hydrogen) atoms. The van der Waals surface area contributed by atoms with E-state index >= 15 is 0 Å². The van der Waals surface area contributed by atoms with Crippen molar-refractivity contribution in [1.29, 1.82) is 0 Å². The highest BCUT2D eigenvalue weighted by atomic mass is 16.2. The van der Waals surface area contributed by atoms with Crippen LogP contribution in [0, 0.1) is 23.7 Å². The van der Waals surface area contributed by atoms with Gasteiger partial charge in [-0.3, -0.25) is 10.1 Å². The monoisotopic (exact) mass is 278 g/mol. The Morgan fingerprint density at radius 2 is 2.00 bits per heavy atom. The second-order valence-electron chi connectivity index (χ2n) is 7.86. The third-order valence-electron chi connectivity index (χ3n) is 5.95. The van der Waals surface area contributed by atoms with E-state index in [4.69, 9.17) is 0 Å². The van der Waals surface area contributed by atoms with E-state index in [1.54, 1.807) is 0 Å². The van der Waals surface area contributed by atoms with E-state index in [0.29, 0.717) is 17.9 Å². The van der Waals surface area contributed by atoms with Crippen LogP contribution in [-0.2, 0) is 4.79 Å². The van der Waals surface area contributed by atoms with Gasteiger partial charge in [0.1, 0.15) is 0 Å². The summed E-state index contributed by atoms with van der Waals surface area (Å²) in [5.74, 6) is 3.54. The molecule has 3 aliphatic rings. The molecule has 0 spiro atoms. The van der Waals surface area contributed by atoms with Gasteiger partial charge in [0, 0.05) is 6.04 Å². The van der Waals surface area contributed by atoms with Crippen LogP contribution in [0.2, 0.25) is 0 Å². The highest BCUT2D eigenvalue weighted by molar-refractivity contribution is 5.84. The van der Waals surface area contributed by atoms with Gasteiger partial charge in [-0.1, -0.05) is 20.3 Å². The Morgan fingerprint density at radius 1 is 1.25 bits per heavy atom. The molecule has 114 valence electrons. The fourth-order valence-electron chi connectivity index (χ4n) is 5.02. The fourth-order valence-corrected chi connectivity index (χ4v) is 5.02. The molecule has 0 aromatic heterocycles. The first-order chi connectivity index (χ1) is 9.47. The second-order valence-corrected chi connectivity index (χ2v) is 7.86. The maximum atomic E-state index is 12.6. The molecule has 2 saturated carbocycles. The van der Waals surface area contributed by atoms with Gasteiger partial charge in [-0.15, -0.1) is 0 Å². The molecule has 6 atom stereocenters. The van der Waals surface area contributed by atoms with Gasteiger partial charge in [-0.05, 0) is 63.2 Å². The van der Waals surface area contributed by atoms with Gasteiger partial charge >= 0.3 is 0 Å². The van der Waals surface area contributed by atoms with Gasteiger partial charge in [0.2, 0.25) is 5.91 Å². The van der Waals surface area contributed by atoms with Crippen LogP contribution in [-0.4, -0.2) is 29.1 Å². The van der Waals surface area contributed by atoms with Gasteiger partial charge in [-0.25, -0.2) is 0 Å².